The van der Waals surface area contributed by atoms with Crippen LogP contribution in [0.1, 0.15) is 28.8 Å². The molecule has 0 saturated carbocycles. The third kappa shape index (κ3) is 2.95. The number of nitrogens with zero attached hydrogens (tertiary/aromatic N) is 2. The van der Waals surface area contributed by atoms with Gasteiger partial charge in [0, 0.05) is 44.6 Å². The molecule has 2 fully saturated rings. The van der Waals surface area contributed by atoms with Crippen LogP contribution in [0.4, 0.5) is 0 Å². The summed E-state index contributed by atoms with van der Waals surface area (Å²) >= 11 is 0. The van der Waals surface area contributed by atoms with Gasteiger partial charge in [0.15, 0.2) is 0 Å². The predicted molar refractivity (Wildman–Crippen MR) is 84.9 cm³/mol. The van der Waals surface area contributed by atoms with E-state index in [9.17, 15) is 9.59 Å². The quantitative estimate of drug-likeness (QED) is 0.903. The summed E-state index contributed by atoms with van der Waals surface area (Å²) in [5.74, 6) is -0.00322. The summed E-state index contributed by atoms with van der Waals surface area (Å²) in [6.07, 6.45) is 5.01. The highest BCUT2D eigenvalue weighted by atomic mass is 16.5. The fourth-order valence-corrected chi connectivity index (χ4v) is 3.74. The van der Waals surface area contributed by atoms with E-state index in [4.69, 9.17) is 4.74 Å². The third-order valence-electron chi connectivity index (χ3n) is 5.17. The summed E-state index contributed by atoms with van der Waals surface area (Å²) in [5.41, 5.74) is 1.54. The minimum atomic E-state index is -0.106. The molecule has 0 radical (unpaired) electrons. The van der Waals surface area contributed by atoms with Gasteiger partial charge in [-0.25, -0.2) is 0 Å². The molecule has 1 unspecified atom stereocenters. The summed E-state index contributed by atoms with van der Waals surface area (Å²) in [6.45, 7) is 4.40. The monoisotopic (exact) mass is 317 g/mol. The second-order valence-electron chi connectivity index (χ2n) is 6.63. The molecule has 0 bridgehead atoms. The van der Waals surface area contributed by atoms with Crippen LogP contribution in [0, 0.1) is 18.3 Å². The Labute approximate surface area is 136 Å². The van der Waals surface area contributed by atoms with Crippen LogP contribution >= 0.6 is 0 Å². The van der Waals surface area contributed by atoms with Gasteiger partial charge in [-0.15, -0.1) is 0 Å². The van der Waals surface area contributed by atoms with E-state index in [1.165, 1.54) is 0 Å². The molecule has 6 nitrogen and oxygen atoms in total. The van der Waals surface area contributed by atoms with Crippen molar-refractivity contribution in [3.8, 4) is 0 Å². The van der Waals surface area contributed by atoms with Gasteiger partial charge in [0.2, 0.25) is 5.91 Å². The molecule has 3 heterocycles. The smallest absolute Gasteiger partial charge is 0.255 e. The van der Waals surface area contributed by atoms with Crippen molar-refractivity contribution in [3.05, 3.63) is 29.6 Å². The minimum Gasteiger partial charge on any atom is -0.384 e. The van der Waals surface area contributed by atoms with Crippen LogP contribution in [0.2, 0.25) is 0 Å². The standard InChI is InChI=1S/C17H23N3O3/c1-12-7-13(9-18-8-12)16(22)20-5-3-17(4-6-20)11-19-15(21)14(17)10-23-2/h7-9,14H,3-6,10-11H2,1-2H3,(H,19,21). The number of hydrogen-bond acceptors (Lipinski definition) is 4. The number of carbonyl (C=O) groups excluding carboxylic acids is 2. The Morgan fingerprint density at radius 1 is 1.43 bits per heavy atom. The largest absolute Gasteiger partial charge is 0.384 e. The van der Waals surface area contributed by atoms with Crippen molar-refractivity contribution < 1.29 is 14.3 Å². The molecular weight excluding hydrogens is 294 g/mol. The van der Waals surface area contributed by atoms with Gasteiger partial charge in [0.1, 0.15) is 0 Å². The summed E-state index contributed by atoms with van der Waals surface area (Å²) in [6, 6.07) is 1.87. The minimum absolute atomic E-state index is 0.0247. The van der Waals surface area contributed by atoms with E-state index in [-0.39, 0.29) is 23.1 Å². The van der Waals surface area contributed by atoms with E-state index < -0.39 is 0 Å². The van der Waals surface area contributed by atoms with E-state index in [2.05, 4.69) is 10.3 Å². The van der Waals surface area contributed by atoms with Crippen LogP contribution in [0.5, 0.6) is 0 Å². The molecule has 23 heavy (non-hydrogen) atoms. The third-order valence-corrected chi connectivity index (χ3v) is 5.17. The van der Waals surface area contributed by atoms with Crippen LogP contribution in [-0.2, 0) is 9.53 Å². The van der Waals surface area contributed by atoms with Gasteiger partial charge in [0.25, 0.3) is 5.91 Å². The van der Waals surface area contributed by atoms with Crippen LogP contribution in [0.3, 0.4) is 0 Å². The number of ether oxygens (including phenoxy) is 1. The van der Waals surface area contributed by atoms with E-state index in [0.29, 0.717) is 31.8 Å². The first-order valence-corrected chi connectivity index (χ1v) is 8.03. The van der Waals surface area contributed by atoms with Crippen molar-refractivity contribution in [2.24, 2.45) is 11.3 Å². The number of rotatable bonds is 3. The van der Waals surface area contributed by atoms with Gasteiger partial charge in [-0.3, -0.25) is 14.6 Å². The first kappa shape index (κ1) is 15.9. The Morgan fingerprint density at radius 2 is 2.17 bits per heavy atom. The second kappa shape index (κ2) is 6.28. The first-order chi connectivity index (χ1) is 11.1. The SMILES string of the molecule is COCC1C(=O)NCC12CCN(C(=O)c1cncc(C)c1)CC2. The molecule has 6 heteroatoms. The fraction of sp³-hybridized carbons (Fsp3) is 0.588. The topological polar surface area (TPSA) is 71.5 Å². The number of methoxy groups -OCH3 is 1. The van der Waals surface area contributed by atoms with Crippen LogP contribution in [0.15, 0.2) is 18.5 Å². The molecule has 0 aliphatic carbocycles. The average Bonchev–Trinajstić information content (AvgIpc) is 2.85. The molecule has 1 spiro atoms. The number of piperidine rings is 1. The number of carbonyl (C=O) groups is 2. The lowest BCUT2D eigenvalue weighted by molar-refractivity contribution is -0.126. The fourth-order valence-electron chi connectivity index (χ4n) is 3.74. The highest BCUT2D eigenvalue weighted by Gasteiger charge is 2.49. The molecule has 0 aromatic carbocycles. The molecule has 2 saturated heterocycles. The lowest BCUT2D eigenvalue weighted by Crippen LogP contribution is -2.47. The van der Waals surface area contributed by atoms with Crippen molar-refractivity contribution in [3.63, 3.8) is 0 Å². The Kier molecular flexibility index (Phi) is 4.35. The maximum atomic E-state index is 12.6. The van der Waals surface area contributed by atoms with E-state index >= 15 is 0 Å². The number of aryl methyl sites for hydroxylation is 1. The zero-order valence-corrected chi connectivity index (χ0v) is 13.7. The van der Waals surface area contributed by atoms with Gasteiger partial charge < -0.3 is 15.0 Å². The highest BCUT2D eigenvalue weighted by molar-refractivity contribution is 5.94. The Morgan fingerprint density at radius 3 is 2.83 bits per heavy atom. The molecule has 1 N–H and O–H groups in total. The number of nitrogens with one attached hydrogen (secondary N) is 1. The van der Waals surface area contributed by atoms with Crippen molar-refractivity contribution in [2.45, 2.75) is 19.8 Å². The zero-order valence-electron chi connectivity index (χ0n) is 13.7. The van der Waals surface area contributed by atoms with Crippen LogP contribution in [0.25, 0.3) is 0 Å². The Hall–Kier alpha value is -1.95. The Balaban J connectivity index is 1.68. The molecule has 1 atom stereocenters. The molecular formula is C17H23N3O3. The first-order valence-electron chi connectivity index (χ1n) is 8.03. The van der Waals surface area contributed by atoms with Crippen molar-refractivity contribution >= 4 is 11.8 Å². The average molecular weight is 317 g/mol. The summed E-state index contributed by atoms with van der Waals surface area (Å²) in [5, 5.41) is 2.97. The van der Waals surface area contributed by atoms with Crippen molar-refractivity contribution in [1.29, 1.82) is 0 Å². The summed E-state index contributed by atoms with van der Waals surface area (Å²) < 4.78 is 5.23. The second-order valence-corrected chi connectivity index (χ2v) is 6.63. The van der Waals surface area contributed by atoms with E-state index in [1.54, 1.807) is 19.5 Å². The molecule has 2 aliphatic heterocycles. The maximum Gasteiger partial charge on any atom is 0.255 e. The Bertz CT molecular complexity index is 609. The number of pyridine rings is 1. The maximum absolute atomic E-state index is 12.6. The molecule has 1 aromatic rings. The van der Waals surface area contributed by atoms with E-state index in [0.717, 1.165) is 18.4 Å². The van der Waals surface area contributed by atoms with E-state index in [1.807, 2.05) is 17.9 Å². The summed E-state index contributed by atoms with van der Waals surface area (Å²) in [4.78, 5) is 30.6. The molecule has 2 aliphatic rings. The highest BCUT2D eigenvalue weighted by Crippen LogP contribution is 2.42. The molecule has 124 valence electrons. The van der Waals surface area contributed by atoms with Gasteiger partial charge in [-0.05, 0) is 31.4 Å². The number of hydrogen-bond donors (Lipinski definition) is 1. The van der Waals surface area contributed by atoms with Gasteiger partial charge in [-0.1, -0.05) is 0 Å². The normalized spacial score (nSPS) is 23.1. The molecule has 3 rings (SSSR count). The van der Waals surface area contributed by atoms with Crippen LogP contribution in [-0.4, -0.2) is 55.0 Å². The number of aromatic nitrogens is 1. The van der Waals surface area contributed by atoms with Gasteiger partial charge >= 0.3 is 0 Å². The van der Waals surface area contributed by atoms with Crippen molar-refractivity contribution in [2.75, 3.05) is 33.4 Å². The molecule has 2 amide bonds. The summed E-state index contributed by atoms with van der Waals surface area (Å²) in [7, 11) is 1.63. The van der Waals surface area contributed by atoms with Crippen LogP contribution < -0.4 is 5.32 Å². The number of amides is 2. The van der Waals surface area contributed by atoms with Crippen molar-refractivity contribution in [1.82, 2.24) is 15.2 Å². The lowest BCUT2D eigenvalue weighted by atomic mass is 9.71. The zero-order chi connectivity index (χ0) is 16.4. The van der Waals surface area contributed by atoms with Gasteiger partial charge in [-0.2, -0.15) is 0 Å². The lowest BCUT2D eigenvalue weighted by Gasteiger charge is -2.41. The van der Waals surface area contributed by atoms with Gasteiger partial charge in [0.05, 0.1) is 18.1 Å². The predicted octanol–water partition coefficient (Wildman–Crippen LogP) is 1.00. The number of likely N-dealkylation sites (tertiary alicyclic amines) is 1. The molecule has 1 aromatic heterocycles.